The number of rotatable bonds is 7. The van der Waals surface area contributed by atoms with E-state index >= 15 is 0 Å². The normalized spacial score (nSPS) is 20.3. The summed E-state index contributed by atoms with van der Waals surface area (Å²) in [5.74, 6) is 0.160. The maximum absolute atomic E-state index is 12.9. The summed E-state index contributed by atoms with van der Waals surface area (Å²) in [7, 11) is 0. The van der Waals surface area contributed by atoms with Crippen molar-refractivity contribution in [3.63, 3.8) is 0 Å². The molecule has 1 heterocycles. The van der Waals surface area contributed by atoms with Gasteiger partial charge < -0.3 is 10.2 Å². The standard InChI is InChI=1S/C20H26N2O3S/c23-18(21-11-10-15-6-2-1-3-7-15)13-22(17-8-4-5-9-17)20(25)16-12-19(24)26-14-16/h1-3,6-7,16-17H,4-5,8-14H2,(H,21,23)/t16-/m0/s1. The van der Waals surface area contributed by atoms with Gasteiger partial charge in [0.2, 0.25) is 11.8 Å². The second-order valence-corrected chi connectivity index (χ2v) is 8.15. The van der Waals surface area contributed by atoms with E-state index in [2.05, 4.69) is 5.32 Å². The van der Waals surface area contributed by atoms with Gasteiger partial charge in [-0.15, -0.1) is 0 Å². The summed E-state index contributed by atoms with van der Waals surface area (Å²) in [6.45, 7) is 0.668. The molecule has 0 spiro atoms. The largest absolute Gasteiger partial charge is 0.354 e. The van der Waals surface area contributed by atoms with E-state index in [1.54, 1.807) is 4.90 Å². The van der Waals surface area contributed by atoms with Gasteiger partial charge in [0.25, 0.3) is 0 Å². The van der Waals surface area contributed by atoms with Crippen molar-refractivity contribution in [3.8, 4) is 0 Å². The molecule has 1 aliphatic carbocycles. The third-order valence-corrected chi connectivity index (χ3v) is 6.21. The van der Waals surface area contributed by atoms with Crippen molar-refractivity contribution in [2.24, 2.45) is 5.92 Å². The topological polar surface area (TPSA) is 66.5 Å². The van der Waals surface area contributed by atoms with Crippen LogP contribution in [0.25, 0.3) is 0 Å². The lowest BCUT2D eigenvalue weighted by Crippen LogP contribution is -2.48. The molecule has 0 aromatic heterocycles. The summed E-state index contributed by atoms with van der Waals surface area (Å²) in [5.41, 5.74) is 1.18. The maximum atomic E-state index is 12.9. The first-order valence-corrected chi connectivity index (χ1v) is 10.4. The number of nitrogens with zero attached hydrogens (tertiary/aromatic N) is 1. The highest BCUT2D eigenvalue weighted by atomic mass is 32.2. The highest BCUT2D eigenvalue weighted by Gasteiger charge is 2.36. The molecule has 0 unspecified atom stereocenters. The first kappa shape index (κ1) is 19.0. The highest BCUT2D eigenvalue weighted by Crippen LogP contribution is 2.30. The van der Waals surface area contributed by atoms with Crippen LogP contribution in [-0.4, -0.2) is 46.7 Å². The number of carbonyl (C=O) groups is 3. The predicted molar refractivity (Wildman–Crippen MR) is 103 cm³/mol. The molecule has 1 aromatic carbocycles. The number of amides is 2. The zero-order valence-electron chi connectivity index (χ0n) is 15.0. The summed E-state index contributed by atoms with van der Waals surface area (Å²) >= 11 is 1.24. The van der Waals surface area contributed by atoms with Crippen LogP contribution in [0.4, 0.5) is 0 Å². The Kier molecular flexibility index (Phi) is 6.72. The van der Waals surface area contributed by atoms with Crippen LogP contribution in [0.15, 0.2) is 30.3 Å². The van der Waals surface area contributed by atoms with Crippen molar-refractivity contribution in [1.82, 2.24) is 10.2 Å². The second kappa shape index (κ2) is 9.21. The van der Waals surface area contributed by atoms with E-state index in [4.69, 9.17) is 0 Å². The van der Waals surface area contributed by atoms with Gasteiger partial charge in [-0.1, -0.05) is 54.9 Å². The molecule has 1 aliphatic heterocycles. The smallest absolute Gasteiger partial charge is 0.239 e. The lowest BCUT2D eigenvalue weighted by atomic mass is 10.1. The van der Waals surface area contributed by atoms with E-state index in [1.165, 1.54) is 17.3 Å². The lowest BCUT2D eigenvalue weighted by molar-refractivity contribution is -0.141. The van der Waals surface area contributed by atoms with E-state index in [0.717, 1.165) is 32.1 Å². The number of hydrogen-bond acceptors (Lipinski definition) is 4. The quantitative estimate of drug-likeness (QED) is 0.796. The Morgan fingerprint density at radius 1 is 1.15 bits per heavy atom. The lowest BCUT2D eigenvalue weighted by Gasteiger charge is -2.30. The van der Waals surface area contributed by atoms with Gasteiger partial charge in [0, 0.05) is 24.8 Å². The van der Waals surface area contributed by atoms with Crippen LogP contribution in [0, 0.1) is 5.92 Å². The number of nitrogens with one attached hydrogen (secondary N) is 1. The highest BCUT2D eigenvalue weighted by molar-refractivity contribution is 8.14. The molecule has 1 N–H and O–H groups in total. The van der Waals surface area contributed by atoms with Gasteiger partial charge in [0.05, 0.1) is 12.5 Å². The van der Waals surface area contributed by atoms with Gasteiger partial charge in [-0.05, 0) is 24.8 Å². The number of benzene rings is 1. The van der Waals surface area contributed by atoms with Gasteiger partial charge in [-0.25, -0.2) is 0 Å². The first-order chi connectivity index (χ1) is 12.6. The Morgan fingerprint density at radius 2 is 1.88 bits per heavy atom. The molecule has 5 nitrogen and oxygen atoms in total. The predicted octanol–water partition coefficient (Wildman–Crippen LogP) is 2.40. The monoisotopic (exact) mass is 374 g/mol. The molecule has 140 valence electrons. The Hall–Kier alpha value is -1.82. The van der Waals surface area contributed by atoms with Crippen molar-refractivity contribution in [2.45, 2.75) is 44.6 Å². The van der Waals surface area contributed by atoms with Crippen molar-refractivity contribution in [2.75, 3.05) is 18.8 Å². The number of hydrogen-bond donors (Lipinski definition) is 1. The zero-order chi connectivity index (χ0) is 18.4. The Bertz CT molecular complexity index is 644. The zero-order valence-corrected chi connectivity index (χ0v) is 15.8. The van der Waals surface area contributed by atoms with Gasteiger partial charge in [0.1, 0.15) is 0 Å². The molecule has 0 bridgehead atoms. The molecule has 1 aromatic rings. The molecule has 0 radical (unpaired) electrons. The summed E-state index contributed by atoms with van der Waals surface area (Å²) in [6, 6.07) is 10.2. The fraction of sp³-hybridized carbons (Fsp3) is 0.550. The molecule has 26 heavy (non-hydrogen) atoms. The maximum Gasteiger partial charge on any atom is 0.239 e. The van der Waals surface area contributed by atoms with Crippen LogP contribution in [0.5, 0.6) is 0 Å². The fourth-order valence-corrected chi connectivity index (χ4v) is 4.68. The summed E-state index contributed by atoms with van der Waals surface area (Å²) in [6.07, 6.45) is 5.19. The third-order valence-electron chi connectivity index (χ3n) is 5.15. The Morgan fingerprint density at radius 3 is 2.54 bits per heavy atom. The molecule has 1 saturated carbocycles. The van der Waals surface area contributed by atoms with Crippen LogP contribution < -0.4 is 5.32 Å². The van der Waals surface area contributed by atoms with Gasteiger partial charge in [-0.2, -0.15) is 0 Å². The van der Waals surface area contributed by atoms with Crippen LogP contribution in [0.2, 0.25) is 0 Å². The molecule has 2 fully saturated rings. The molecule has 2 aliphatic rings. The SMILES string of the molecule is O=C(CN(C(=O)[C@@H]1CSC(=O)C1)C1CCCC1)NCCc1ccccc1. The van der Waals surface area contributed by atoms with E-state index < -0.39 is 0 Å². The number of carbonyl (C=O) groups excluding carboxylic acids is 3. The fourth-order valence-electron chi connectivity index (χ4n) is 3.71. The molecular weight excluding hydrogens is 348 g/mol. The molecule has 6 heteroatoms. The van der Waals surface area contributed by atoms with E-state index in [0.29, 0.717) is 18.7 Å². The van der Waals surface area contributed by atoms with Gasteiger partial charge in [-0.3, -0.25) is 14.4 Å². The minimum absolute atomic E-state index is 0.0199. The molecular formula is C20H26N2O3S. The molecule has 2 amide bonds. The van der Waals surface area contributed by atoms with Gasteiger partial charge >= 0.3 is 0 Å². The Balaban J connectivity index is 1.53. The first-order valence-electron chi connectivity index (χ1n) is 9.40. The second-order valence-electron chi connectivity index (χ2n) is 7.07. The minimum Gasteiger partial charge on any atom is -0.354 e. The Labute approximate surface area is 158 Å². The van der Waals surface area contributed by atoms with Crippen molar-refractivity contribution in [1.29, 1.82) is 0 Å². The summed E-state index contributed by atoms with van der Waals surface area (Å²) in [4.78, 5) is 38.6. The summed E-state index contributed by atoms with van der Waals surface area (Å²) < 4.78 is 0. The molecule has 1 saturated heterocycles. The average molecular weight is 375 g/mol. The van der Waals surface area contributed by atoms with Crippen molar-refractivity contribution < 1.29 is 14.4 Å². The van der Waals surface area contributed by atoms with E-state index in [-0.39, 0.29) is 35.4 Å². The summed E-state index contributed by atoms with van der Waals surface area (Å²) in [5, 5.41) is 3.02. The average Bonchev–Trinajstić information content (AvgIpc) is 3.32. The van der Waals surface area contributed by atoms with Crippen LogP contribution in [-0.2, 0) is 20.8 Å². The van der Waals surface area contributed by atoms with Crippen molar-refractivity contribution in [3.05, 3.63) is 35.9 Å². The van der Waals surface area contributed by atoms with E-state index in [1.807, 2.05) is 30.3 Å². The molecule has 3 rings (SSSR count). The van der Waals surface area contributed by atoms with Crippen LogP contribution in [0.3, 0.4) is 0 Å². The van der Waals surface area contributed by atoms with Crippen molar-refractivity contribution >= 4 is 28.7 Å². The molecule has 1 atom stereocenters. The number of thioether (sulfide) groups is 1. The van der Waals surface area contributed by atoms with Gasteiger partial charge in [0.15, 0.2) is 5.12 Å². The van der Waals surface area contributed by atoms with Crippen LogP contribution >= 0.6 is 11.8 Å². The third kappa shape index (κ3) is 5.10. The van der Waals surface area contributed by atoms with E-state index in [9.17, 15) is 14.4 Å². The van der Waals surface area contributed by atoms with Crippen LogP contribution in [0.1, 0.15) is 37.7 Å². The minimum atomic E-state index is -0.259.